The molecule has 1 amide bonds. The first-order valence-corrected chi connectivity index (χ1v) is 11.4. The lowest BCUT2D eigenvalue weighted by Gasteiger charge is -2.30. The number of nitrogens with one attached hydrogen (secondary N) is 1. The molecule has 26 heavy (non-hydrogen) atoms. The number of carbonyl (C=O) groups excluding carboxylic acids is 1. The normalized spacial score (nSPS) is 20.3. The summed E-state index contributed by atoms with van der Waals surface area (Å²) in [5.41, 5.74) is 5.48. The molecule has 0 spiro atoms. The molecule has 0 saturated heterocycles. The van der Waals surface area contributed by atoms with Crippen LogP contribution in [0, 0.1) is 23.2 Å². The summed E-state index contributed by atoms with van der Waals surface area (Å²) in [6.45, 7) is 0.526. The number of nitriles is 1. The molecule has 1 saturated carbocycles. The number of hydrogen-bond acceptors (Lipinski definition) is 6. The van der Waals surface area contributed by atoms with E-state index < -0.39 is 9.84 Å². The molecule has 3 N–H and O–H groups in total. The van der Waals surface area contributed by atoms with Crippen LogP contribution in [0.4, 0.5) is 0 Å². The van der Waals surface area contributed by atoms with E-state index in [-0.39, 0.29) is 34.9 Å². The van der Waals surface area contributed by atoms with Crippen molar-refractivity contribution in [2.24, 2.45) is 17.6 Å². The van der Waals surface area contributed by atoms with Crippen molar-refractivity contribution < 1.29 is 13.2 Å². The quantitative estimate of drug-likeness (QED) is 0.514. The fourth-order valence-electron chi connectivity index (χ4n) is 3.31. The van der Waals surface area contributed by atoms with Crippen molar-refractivity contribution in [2.75, 3.05) is 24.6 Å². The third-order valence-electron chi connectivity index (χ3n) is 4.59. The Morgan fingerprint density at radius 3 is 2.62 bits per heavy atom. The lowest BCUT2D eigenvalue weighted by Crippen LogP contribution is -2.39. The first kappa shape index (κ1) is 20.7. The van der Waals surface area contributed by atoms with Gasteiger partial charge in [-0.2, -0.15) is 5.26 Å². The van der Waals surface area contributed by atoms with Gasteiger partial charge in [-0.05, 0) is 43.0 Å². The van der Waals surface area contributed by atoms with Gasteiger partial charge in [0.2, 0.25) is 5.91 Å². The van der Waals surface area contributed by atoms with Crippen LogP contribution in [0.15, 0.2) is 34.1 Å². The van der Waals surface area contributed by atoms with Crippen molar-refractivity contribution in [3.05, 3.63) is 24.3 Å². The van der Waals surface area contributed by atoms with Crippen LogP contribution in [0.25, 0.3) is 0 Å². The number of carbonyl (C=O) groups is 1. The monoisotopic (exact) mass is 395 g/mol. The first-order valence-electron chi connectivity index (χ1n) is 8.78. The minimum Gasteiger partial charge on any atom is -0.343 e. The summed E-state index contributed by atoms with van der Waals surface area (Å²) in [5, 5.41) is 11.2. The van der Waals surface area contributed by atoms with Crippen molar-refractivity contribution in [1.82, 2.24) is 5.32 Å². The van der Waals surface area contributed by atoms with E-state index in [2.05, 4.69) is 5.32 Å². The van der Waals surface area contributed by atoms with Crippen LogP contribution < -0.4 is 11.1 Å². The van der Waals surface area contributed by atoms with Gasteiger partial charge in [-0.3, -0.25) is 4.79 Å². The van der Waals surface area contributed by atoms with Gasteiger partial charge in [-0.15, -0.1) is 11.8 Å². The summed E-state index contributed by atoms with van der Waals surface area (Å²) >= 11 is 1.59. The molecule has 0 bridgehead atoms. The summed E-state index contributed by atoms with van der Waals surface area (Å²) in [5.74, 6) is -0.00870. The Kier molecular flexibility index (Phi) is 7.94. The molecule has 1 aromatic rings. The second-order valence-corrected chi connectivity index (χ2v) is 9.62. The molecule has 1 aliphatic carbocycles. The van der Waals surface area contributed by atoms with Crippen LogP contribution in [-0.2, 0) is 14.6 Å². The SMILES string of the molecule is N#CCNC(=O)[C@H]1CCCC[C@@H]1CS(=O)(=O)c1ccc(SCCN)cc1. The largest absolute Gasteiger partial charge is 0.343 e. The number of nitrogens with two attached hydrogens (primary N) is 1. The van der Waals surface area contributed by atoms with E-state index >= 15 is 0 Å². The third-order valence-corrected chi connectivity index (χ3v) is 7.49. The molecule has 0 radical (unpaired) electrons. The van der Waals surface area contributed by atoms with Gasteiger partial charge in [-0.25, -0.2) is 8.42 Å². The van der Waals surface area contributed by atoms with Gasteiger partial charge in [0.1, 0.15) is 6.54 Å². The Labute approximate surface area is 159 Å². The highest BCUT2D eigenvalue weighted by Crippen LogP contribution is 2.33. The lowest BCUT2D eigenvalue weighted by molar-refractivity contribution is -0.127. The molecule has 2 atom stereocenters. The minimum absolute atomic E-state index is 0.0348. The number of nitrogens with zero attached hydrogens (tertiary/aromatic N) is 1. The molecule has 142 valence electrons. The van der Waals surface area contributed by atoms with Gasteiger partial charge in [0.25, 0.3) is 0 Å². The maximum absolute atomic E-state index is 12.8. The van der Waals surface area contributed by atoms with Gasteiger partial charge in [0, 0.05) is 23.1 Å². The molecule has 6 nitrogen and oxygen atoms in total. The first-order chi connectivity index (χ1) is 12.5. The van der Waals surface area contributed by atoms with E-state index in [0.717, 1.165) is 23.5 Å². The summed E-state index contributed by atoms with van der Waals surface area (Å²) in [7, 11) is -3.46. The highest BCUT2D eigenvalue weighted by molar-refractivity contribution is 7.99. The van der Waals surface area contributed by atoms with Gasteiger partial charge >= 0.3 is 0 Å². The fraction of sp³-hybridized carbons (Fsp3) is 0.556. The average molecular weight is 396 g/mol. The Balaban J connectivity index is 2.08. The summed E-state index contributed by atoms with van der Waals surface area (Å²) in [4.78, 5) is 13.5. The van der Waals surface area contributed by atoms with E-state index in [4.69, 9.17) is 11.0 Å². The minimum atomic E-state index is -3.46. The van der Waals surface area contributed by atoms with Crippen LogP contribution in [-0.4, -0.2) is 38.9 Å². The molecule has 0 aromatic heterocycles. The maximum Gasteiger partial charge on any atom is 0.224 e. The number of thioether (sulfide) groups is 1. The van der Waals surface area contributed by atoms with Crippen molar-refractivity contribution in [3.8, 4) is 6.07 Å². The Morgan fingerprint density at radius 2 is 1.96 bits per heavy atom. The molecule has 8 heteroatoms. The molecule has 1 aromatic carbocycles. The van der Waals surface area contributed by atoms with E-state index in [1.165, 1.54) is 0 Å². The number of hydrogen-bond donors (Lipinski definition) is 2. The topological polar surface area (TPSA) is 113 Å². The van der Waals surface area contributed by atoms with Crippen LogP contribution in [0.1, 0.15) is 25.7 Å². The van der Waals surface area contributed by atoms with Gasteiger partial charge < -0.3 is 11.1 Å². The van der Waals surface area contributed by atoms with Crippen molar-refractivity contribution in [3.63, 3.8) is 0 Å². The Hall–Kier alpha value is -1.56. The van der Waals surface area contributed by atoms with Crippen molar-refractivity contribution >= 4 is 27.5 Å². The molecule has 1 fully saturated rings. The highest BCUT2D eigenvalue weighted by atomic mass is 32.2. The summed E-state index contributed by atoms with van der Waals surface area (Å²) in [6.07, 6.45) is 3.23. The predicted octanol–water partition coefficient (Wildman–Crippen LogP) is 1.96. The molecule has 0 heterocycles. The van der Waals surface area contributed by atoms with Gasteiger partial charge in [0.05, 0.1) is 16.7 Å². The second kappa shape index (κ2) is 9.95. The van der Waals surface area contributed by atoms with Crippen molar-refractivity contribution in [1.29, 1.82) is 5.26 Å². The summed E-state index contributed by atoms with van der Waals surface area (Å²) in [6, 6.07) is 8.73. The molecule has 0 unspecified atom stereocenters. The second-order valence-electron chi connectivity index (χ2n) is 6.42. The number of sulfone groups is 1. The number of amides is 1. The van der Waals surface area contributed by atoms with E-state index in [1.807, 2.05) is 6.07 Å². The average Bonchev–Trinajstić information content (AvgIpc) is 2.65. The van der Waals surface area contributed by atoms with Crippen LogP contribution in [0.2, 0.25) is 0 Å². The van der Waals surface area contributed by atoms with Crippen molar-refractivity contribution in [2.45, 2.75) is 35.5 Å². The predicted molar refractivity (Wildman–Crippen MR) is 102 cm³/mol. The number of rotatable bonds is 8. The zero-order chi connectivity index (χ0) is 19.0. The molecular weight excluding hydrogens is 370 g/mol. The zero-order valence-corrected chi connectivity index (χ0v) is 16.3. The zero-order valence-electron chi connectivity index (χ0n) is 14.7. The third kappa shape index (κ3) is 5.73. The van der Waals surface area contributed by atoms with Crippen LogP contribution >= 0.6 is 11.8 Å². The van der Waals surface area contributed by atoms with Gasteiger partial charge in [-0.1, -0.05) is 12.8 Å². The Morgan fingerprint density at radius 1 is 1.27 bits per heavy atom. The molecular formula is C18H25N3O3S2. The number of benzene rings is 1. The Bertz CT molecular complexity index is 742. The standard InChI is InChI=1S/C18H25N3O3S2/c19-9-11-21-18(22)17-4-2-1-3-14(17)13-26(23,24)16-7-5-15(6-8-16)25-12-10-20/h5-8,14,17H,1-4,10-13,20H2,(H,21,22)/t14-,17+/m1/s1. The maximum atomic E-state index is 12.8. The van der Waals surface area contributed by atoms with E-state index in [0.29, 0.717) is 19.4 Å². The smallest absolute Gasteiger partial charge is 0.224 e. The van der Waals surface area contributed by atoms with E-state index in [1.54, 1.807) is 36.0 Å². The summed E-state index contributed by atoms with van der Waals surface area (Å²) < 4.78 is 25.6. The van der Waals surface area contributed by atoms with E-state index in [9.17, 15) is 13.2 Å². The molecule has 1 aliphatic rings. The molecule has 2 rings (SSSR count). The van der Waals surface area contributed by atoms with Gasteiger partial charge in [0.15, 0.2) is 9.84 Å². The lowest BCUT2D eigenvalue weighted by atomic mass is 9.80. The highest BCUT2D eigenvalue weighted by Gasteiger charge is 2.34. The van der Waals surface area contributed by atoms with Crippen LogP contribution in [0.3, 0.4) is 0 Å². The van der Waals surface area contributed by atoms with Crippen LogP contribution in [0.5, 0.6) is 0 Å². The fourth-order valence-corrected chi connectivity index (χ4v) is 5.70. The molecule has 0 aliphatic heterocycles.